The lowest BCUT2D eigenvalue weighted by Gasteiger charge is -2.18. The predicted molar refractivity (Wildman–Crippen MR) is 121 cm³/mol. The van der Waals surface area contributed by atoms with Crippen LogP contribution in [0.5, 0.6) is 0 Å². The van der Waals surface area contributed by atoms with Crippen molar-refractivity contribution in [2.24, 2.45) is 0 Å². The van der Waals surface area contributed by atoms with Gasteiger partial charge in [0.1, 0.15) is 18.5 Å². The second kappa shape index (κ2) is 9.78. The van der Waals surface area contributed by atoms with E-state index in [1.54, 1.807) is 6.07 Å². The van der Waals surface area contributed by atoms with E-state index < -0.39 is 23.9 Å². The van der Waals surface area contributed by atoms with E-state index in [9.17, 15) is 14.0 Å². The molecule has 6 nitrogen and oxygen atoms in total. The van der Waals surface area contributed by atoms with Crippen molar-refractivity contribution in [2.75, 3.05) is 5.32 Å². The van der Waals surface area contributed by atoms with Crippen LogP contribution in [0.2, 0.25) is 0 Å². The van der Waals surface area contributed by atoms with Crippen molar-refractivity contribution in [3.05, 3.63) is 102 Å². The van der Waals surface area contributed by atoms with E-state index in [0.29, 0.717) is 5.69 Å². The van der Waals surface area contributed by atoms with Crippen LogP contribution >= 0.6 is 0 Å². The first-order valence-electron chi connectivity index (χ1n) is 10.2. The number of fused-ring (bicyclic) bond motifs is 1. The van der Waals surface area contributed by atoms with Crippen LogP contribution in [-0.2, 0) is 22.6 Å². The molecule has 0 aliphatic carbocycles. The molecule has 0 saturated carbocycles. The van der Waals surface area contributed by atoms with Gasteiger partial charge < -0.3 is 20.4 Å². The van der Waals surface area contributed by atoms with Gasteiger partial charge in [0, 0.05) is 29.2 Å². The van der Waals surface area contributed by atoms with Gasteiger partial charge in [-0.25, -0.2) is 9.18 Å². The number of rotatable bonds is 7. The van der Waals surface area contributed by atoms with E-state index in [2.05, 4.69) is 15.6 Å². The van der Waals surface area contributed by atoms with Gasteiger partial charge >= 0.3 is 6.09 Å². The first kappa shape index (κ1) is 21.1. The Bertz CT molecular complexity index is 1220. The number of anilines is 1. The summed E-state index contributed by atoms with van der Waals surface area (Å²) in [7, 11) is 0. The van der Waals surface area contributed by atoms with Gasteiger partial charge in [0.25, 0.3) is 0 Å². The Morgan fingerprint density at radius 3 is 2.56 bits per heavy atom. The molecule has 1 atom stereocenters. The van der Waals surface area contributed by atoms with Crippen molar-refractivity contribution in [3.8, 4) is 0 Å². The SMILES string of the molecule is O=C(NC(Cc1c[nH]c2ccccc12)C(=O)Nc1cccc(F)c1)OCc1ccccc1. The zero-order chi connectivity index (χ0) is 22.3. The van der Waals surface area contributed by atoms with E-state index >= 15 is 0 Å². The number of hydrogen-bond donors (Lipinski definition) is 3. The zero-order valence-electron chi connectivity index (χ0n) is 17.2. The standard InChI is InChI=1S/C25H22FN3O3/c26-19-9-6-10-20(14-19)28-24(30)23(13-18-15-27-22-12-5-4-11-21(18)22)29-25(31)32-16-17-7-2-1-3-8-17/h1-12,14-15,23,27H,13,16H2,(H,28,30)(H,29,31). The average molecular weight is 431 g/mol. The number of halogens is 1. The second-order valence-corrected chi connectivity index (χ2v) is 7.32. The normalized spacial score (nSPS) is 11.7. The van der Waals surface area contributed by atoms with Crippen LogP contribution in [0.25, 0.3) is 10.9 Å². The number of aromatic nitrogens is 1. The molecule has 32 heavy (non-hydrogen) atoms. The summed E-state index contributed by atoms with van der Waals surface area (Å²) in [6.07, 6.45) is 1.32. The number of benzene rings is 3. The molecule has 3 N–H and O–H groups in total. The summed E-state index contributed by atoms with van der Waals surface area (Å²) in [6.45, 7) is 0.0813. The Hall–Kier alpha value is -4.13. The predicted octanol–water partition coefficient (Wildman–Crippen LogP) is 4.78. The minimum Gasteiger partial charge on any atom is -0.445 e. The van der Waals surface area contributed by atoms with Gasteiger partial charge in [-0.2, -0.15) is 0 Å². The molecular formula is C25H22FN3O3. The van der Waals surface area contributed by atoms with Crippen molar-refractivity contribution in [2.45, 2.75) is 19.1 Å². The van der Waals surface area contributed by atoms with Crippen LogP contribution in [0.15, 0.2) is 85.1 Å². The lowest BCUT2D eigenvalue weighted by molar-refractivity contribution is -0.118. The van der Waals surface area contributed by atoms with E-state index in [-0.39, 0.29) is 13.0 Å². The second-order valence-electron chi connectivity index (χ2n) is 7.32. The highest BCUT2D eigenvalue weighted by molar-refractivity contribution is 5.97. The number of carbonyl (C=O) groups excluding carboxylic acids is 2. The summed E-state index contributed by atoms with van der Waals surface area (Å²) in [5.74, 6) is -0.941. The van der Waals surface area contributed by atoms with Gasteiger partial charge in [-0.05, 0) is 35.4 Å². The lowest BCUT2D eigenvalue weighted by Crippen LogP contribution is -2.45. The van der Waals surface area contributed by atoms with E-state index in [4.69, 9.17) is 4.74 Å². The maximum atomic E-state index is 13.5. The minimum atomic E-state index is -0.930. The Labute approximate surface area is 184 Å². The third-order valence-corrected chi connectivity index (χ3v) is 5.01. The van der Waals surface area contributed by atoms with Crippen LogP contribution in [-0.4, -0.2) is 23.0 Å². The smallest absolute Gasteiger partial charge is 0.408 e. The van der Waals surface area contributed by atoms with Crippen molar-refractivity contribution in [3.63, 3.8) is 0 Å². The molecule has 0 fully saturated rings. The third-order valence-electron chi connectivity index (χ3n) is 5.01. The van der Waals surface area contributed by atoms with E-state index in [0.717, 1.165) is 22.0 Å². The highest BCUT2D eigenvalue weighted by Gasteiger charge is 2.23. The molecule has 0 bridgehead atoms. The molecule has 1 aromatic heterocycles. The number of amides is 2. The molecule has 2 amide bonds. The highest BCUT2D eigenvalue weighted by atomic mass is 19.1. The van der Waals surface area contributed by atoms with Crippen molar-refractivity contribution < 1.29 is 18.7 Å². The van der Waals surface area contributed by atoms with Gasteiger partial charge in [0.15, 0.2) is 0 Å². The lowest BCUT2D eigenvalue weighted by atomic mass is 10.0. The summed E-state index contributed by atoms with van der Waals surface area (Å²) in [5, 5.41) is 6.26. The summed E-state index contributed by atoms with van der Waals surface area (Å²) in [4.78, 5) is 28.6. The van der Waals surface area contributed by atoms with Crippen LogP contribution in [0, 0.1) is 5.82 Å². The Balaban J connectivity index is 1.50. The maximum Gasteiger partial charge on any atom is 0.408 e. The monoisotopic (exact) mass is 431 g/mol. The van der Waals surface area contributed by atoms with E-state index in [1.165, 1.54) is 18.2 Å². The number of nitrogens with one attached hydrogen (secondary N) is 3. The molecule has 1 heterocycles. The highest BCUT2D eigenvalue weighted by Crippen LogP contribution is 2.20. The Morgan fingerprint density at radius 1 is 0.969 bits per heavy atom. The van der Waals surface area contributed by atoms with Gasteiger partial charge in [0.05, 0.1) is 0 Å². The number of aromatic amines is 1. The van der Waals surface area contributed by atoms with Gasteiger partial charge in [-0.15, -0.1) is 0 Å². The van der Waals surface area contributed by atoms with Gasteiger partial charge in [-0.1, -0.05) is 54.6 Å². The fourth-order valence-electron chi connectivity index (χ4n) is 3.43. The number of hydrogen-bond acceptors (Lipinski definition) is 3. The van der Waals surface area contributed by atoms with Crippen molar-refractivity contribution >= 4 is 28.6 Å². The molecule has 0 saturated heterocycles. The number of para-hydroxylation sites is 1. The number of carbonyl (C=O) groups is 2. The van der Waals surface area contributed by atoms with E-state index in [1.807, 2.05) is 60.8 Å². The topological polar surface area (TPSA) is 83.2 Å². The molecule has 0 radical (unpaired) electrons. The summed E-state index contributed by atoms with van der Waals surface area (Å²) < 4.78 is 18.8. The maximum absolute atomic E-state index is 13.5. The van der Waals surface area contributed by atoms with Crippen molar-refractivity contribution in [1.29, 1.82) is 0 Å². The third kappa shape index (κ3) is 5.31. The molecule has 0 aliphatic rings. The molecule has 3 aromatic carbocycles. The minimum absolute atomic E-state index is 0.0813. The molecule has 4 rings (SSSR count). The molecule has 0 aliphatic heterocycles. The summed E-state index contributed by atoms with van der Waals surface area (Å²) >= 11 is 0. The molecule has 162 valence electrons. The van der Waals surface area contributed by atoms with Gasteiger partial charge in [-0.3, -0.25) is 4.79 Å². The largest absolute Gasteiger partial charge is 0.445 e. The number of ether oxygens (including phenoxy) is 1. The Morgan fingerprint density at radius 2 is 1.75 bits per heavy atom. The first-order chi connectivity index (χ1) is 15.6. The van der Waals surface area contributed by atoms with Crippen LogP contribution in [0.3, 0.4) is 0 Å². The molecule has 4 aromatic rings. The molecular weight excluding hydrogens is 409 g/mol. The molecule has 7 heteroatoms. The van der Waals surface area contributed by atoms with Gasteiger partial charge in [0.2, 0.25) is 5.91 Å². The molecule has 0 spiro atoms. The summed E-state index contributed by atoms with van der Waals surface area (Å²) in [5.41, 5.74) is 2.93. The quantitative estimate of drug-likeness (QED) is 0.394. The average Bonchev–Trinajstić information content (AvgIpc) is 3.21. The fraction of sp³-hybridized carbons (Fsp3) is 0.120. The number of H-pyrrole nitrogens is 1. The zero-order valence-corrected chi connectivity index (χ0v) is 17.2. The van der Waals surface area contributed by atoms with Crippen LogP contribution in [0.4, 0.5) is 14.9 Å². The first-order valence-corrected chi connectivity index (χ1v) is 10.2. The fourth-order valence-corrected chi connectivity index (χ4v) is 3.43. The Kier molecular flexibility index (Phi) is 6.46. The summed E-state index contributed by atoms with van der Waals surface area (Å²) in [6, 6.07) is 21.6. The molecule has 1 unspecified atom stereocenters. The van der Waals surface area contributed by atoms with Crippen molar-refractivity contribution in [1.82, 2.24) is 10.3 Å². The van der Waals surface area contributed by atoms with Crippen LogP contribution in [0.1, 0.15) is 11.1 Å². The van der Waals surface area contributed by atoms with Crippen LogP contribution < -0.4 is 10.6 Å². The number of alkyl carbamates (subject to hydrolysis) is 1.